The van der Waals surface area contributed by atoms with Crippen LogP contribution in [0.3, 0.4) is 0 Å². The Morgan fingerprint density at radius 1 is 1.14 bits per heavy atom. The smallest absolute Gasteiger partial charge is 0.270 e. The number of hydrogen-bond donors (Lipinski definition) is 3. The van der Waals surface area contributed by atoms with Crippen molar-refractivity contribution in [2.75, 3.05) is 12.0 Å². The lowest BCUT2D eigenvalue weighted by atomic mass is 10.1. The number of carbonyl (C=O) groups excluding carboxylic acids is 2. The van der Waals surface area contributed by atoms with Crippen LogP contribution in [0.1, 0.15) is 32.9 Å². The predicted molar refractivity (Wildman–Crippen MR) is 138 cm³/mol. The molecule has 0 radical (unpaired) electrons. The monoisotopic (exact) mass is 485 g/mol. The van der Waals surface area contributed by atoms with Crippen molar-refractivity contribution < 1.29 is 9.59 Å². The van der Waals surface area contributed by atoms with E-state index in [4.69, 9.17) is 11.6 Å². The molecule has 0 bridgehead atoms. The van der Waals surface area contributed by atoms with Crippen molar-refractivity contribution in [1.82, 2.24) is 15.0 Å². The summed E-state index contributed by atoms with van der Waals surface area (Å²) in [6.45, 7) is 4.04. The minimum absolute atomic E-state index is 0.00629. The van der Waals surface area contributed by atoms with Gasteiger partial charge in [-0.25, -0.2) is 0 Å². The molecule has 176 valence electrons. The second-order valence-electron chi connectivity index (χ2n) is 8.14. The molecule has 0 atom stereocenters. The van der Waals surface area contributed by atoms with Gasteiger partial charge >= 0.3 is 0 Å². The van der Waals surface area contributed by atoms with Crippen LogP contribution in [0.15, 0.2) is 66.4 Å². The number of para-hydroxylation sites is 1. The van der Waals surface area contributed by atoms with Gasteiger partial charge in [0.05, 0.1) is 0 Å². The summed E-state index contributed by atoms with van der Waals surface area (Å²) < 4.78 is 1.63. The Kier molecular flexibility index (Phi) is 7.04. The van der Waals surface area contributed by atoms with Crippen LogP contribution in [-0.2, 0) is 11.2 Å². The molecule has 2 heterocycles. The average molecular weight is 486 g/mol. The maximum atomic E-state index is 12.7. The van der Waals surface area contributed by atoms with Gasteiger partial charge in [0.2, 0.25) is 0 Å². The van der Waals surface area contributed by atoms with E-state index in [9.17, 15) is 14.9 Å². The maximum Gasteiger partial charge on any atom is 0.270 e. The van der Waals surface area contributed by atoms with Crippen LogP contribution in [0.2, 0.25) is 5.02 Å². The first-order chi connectivity index (χ1) is 16.9. The molecule has 0 aliphatic rings. The third kappa shape index (κ3) is 5.29. The van der Waals surface area contributed by atoms with Crippen molar-refractivity contribution in [2.24, 2.45) is 0 Å². The normalized spacial score (nSPS) is 11.3. The molecule has 0 unspecified atom stereocenters. The fourth-order valence-electron chi connectivity index (χ4n) is 3.92. The first-order valence-electron chi connectivity index (χ1n) is 11.1. The standard InChI is InChI=1S/C27H24ClN5O2/c1-17-13-21(18(2)33(17)32-27(35)19-7-9-23(28)10-8-19)14-22(15-29)26(34)30-12-11-20-16-31-25-6-4-3-5-24(20)25/h3-10,13-14,16,31H,11-12H2,1-2H3,(H,30,34)(H,32,35). The van der Waals surface area contributed by atoms with Crippen LogP contribution in [0.5, 0.6) is 0 Å². The minimum Gasteiger partial charge on any atom is -0.361 e. The van der Waals surface area contributed by atoms with Gasteiger partial charge in [-0.2, -0.15) is 5.26 Å². The maximum absolute atomic E-state index is 12.7. The number of aromatic nitrogens is 2. The summed E-state index contributed by atoms with van der Waals surface area (Å²) in [6, 6.07) is 18.4. The Hall–Kier alpha value is -4.28. The van der Waals surface area contributed by atoms with Crippen LogP contribution in [0, 0.1) is 25.2 Å². The van der Waals surface area contributed by atoms with Gasteiger partial charge in [0.1, 0.15) is 11.6 Å². The molecule has 2 amide bonds. The average Bonchev–Trinajstić information content (AvgIpc) is 3.38. The van der Waals surface area contributed by atoms with Crippen molar-refractivity contribution >= 4 is 40.4 Å². The number of benzene rings is 2. The fourth-order valence-corrected chi connectivity index (χ4v) is 4.05. The molecule has 0 fully saturated rings. The molecular formula is C27H24ClN5O2. The van der Waals surface area contributed by atoms with E-state index in [1.807, 2.05) is 56.4 Å². The van der Waals surface area contributed by atoms with E-state index in [0.29, 0.717) is 34.8 Å². The molecule has 2 aromatic heterocycles. The van der Waals surface area contributed by atoms with Crippen molar-refractivity contribution in [3.8, 4) is 6.07 Å². The third-order valence-electron chi connectivity index (χ3n) is 5.81. The summed E-state index contributed by atoms with van der Waals surface area (Å²) in [4.78, 5) is 28.5. The van der Waals surface area contributed by atoms with Gasteiger partial charge < -0.3 is 10.3 Å². The second kappa shape index (κ2) is 10.3. The second-order valence-corrected chi connectivity index (χ2v) is 8.58. The number of aromatic amines is 1. The molecule has 2 aromatic carbocycles. The van der Waals surface area contributed by atoms with Crippen molar-refractivity contribution in [3.05, 3.63) is 99.5 Å². The number of hydrogen-bond acceptors (Lipinski definition) is 3. The zero-order valence-electron chi connectivity index (χ0n) is 19.4. The SMILES string of the molecule is Cc1cc(C=C(C#N)C(=O)NCCc2c[nH]c3ccccc23)c(C)n1NC(=O)c1ccc(Cl)cc1. The number of H-pyrrole nitrogens is 1. The summed E-state index contributed by atoms with van der Waals surface area (Å²) in [6.07, 6.45) is 4.11. The van der Waals surface area contributed by atoms with Gasteiger partial charge in [0.15, 0.2) is 0 Å². The van der Waals surface area contributed by atoms with Crippen LogP contribution >= 0.6 is 11.6 Å². The third-order valence-corrected chi connectivity index (χ3v) is 6.06. The molecule has 7 nitrogen and oxygen atoms in total. The van der Waals surface area contributed by atoms with E-state index in [1.165, 1.54) is 6.08 Å². The number of nitrogens with zero attached hydrogens (tertiary/aromatic N) is 2. The van der Waals surface area contributed by atoms with Crippen molar-refractivity contribution in [2.45, 2.75) is 20.3 Å². The van der Waals surface area contributed by atoms with Crippen LogP contribution in [0.4, 0.5) is 0 Å². The number of carbonyl (C=O) groups is 2. The summed E-state index contributed by atoms with van der Waals surface area (Å²) in [7, 11) is 0. The molecule has 0 saturated heterocycles. The lowest BCUT2D eigenvalue weighted by molar-refractivity contribution is -0.117. The van der Waals surface area contributed by atoms with E-state index in [0.717, 1.165) is 22.2 Å². The zero-order valence-corrected chi connectivity index (χ0v) is 20.1. The van der Waals surface area contributed by atoms with Gasteiger partial charge in [0.25, 0.3) is 11.8 Å². The Morgan fingerprint density at radius 3 is 2.63 bits per heavy atom. The molecule has 4 aromatic rings. The highest BCUT2D eigenvalue weighted by atomic mass is 35.5. The Morgan fingerprint density at radius 2 is 1.89 bits per heavy atom. The highest BCUT2D eigenvalue weighted by molar-refractivity contribution is 6.30. The largest absolute Gasteiger partial charge is 0.361 e. The van der Waals surface area contributed by atoms with Crippen molar-refractivity contribution in [3.63, 3.8) is 0 Å². The van der Waals surface area contributed by atoms with Gasteiger partial charge in [-0.05, 0) is 73.9 Å². The molecule has 4 rings (SSSR count). The number of amides is 2. The topological polar surface area (TPSA) is 103 Å². The Balaban J connectivity index is 1.44. The molecule has 0 aliphatic heterocycles. The van der Waals surface area contributed by atoms with Gasteiger partial charge in [-0.3, -0.25) is 19.7 Å². The Bertz CT molecular complexity index is 1470. The summed E-state index contributed by atoms with van der Waals surface area (Å²) >= 11 is 5.89. The molecule has 0 saturated carbocycles. The Labute approximate surface area is 208 Å². The molecular weight excluding hydrogens is 462 g/mol. The van der Waals surface area contributed by atoms with E-state index in [2.05, 4.69) is 15.7 Å². The van der Waals surface area contributed by atoms with E-state index >= 15 is 0 Å². The first-order valence-corrected chi connectivity index (χ1v) is 11.5. The number of aryl methyl sites for hydroxylation is 1. The number of halogens is 1. The lowest BCUT2D eigenvalue weighted by Gasteiger charge is -2.11. The van der Waals surface area contributed by atoms with Crippen LogP contribution in [-0.4, -0.2) is 28.0 Å². The van der Waals surface area contributed by atoms with Gasteiger partial charge in [-0.1, -0.05) is 29.8 Å². The number of fused-ring (bicyclic) bond motifs is 1. The molecule has 35 heavy (non-hydrogen) atoms. The van der Waals surface area contributed by atoms with Gasteiger partial charge in [-0.15, -0.1) is 0 Å². The quantitative estimate of drug-likeness (QED) is 0.256. The number of nitriles is 1. The molecule has 0 aliphatic carbocycles. The summed E-state index contributed by atoms with van der Waals surface area (Å²) in [5.74, 6) is -0.739. The van der Waals surface area contributed by atoms with Crippen molar-refractivity contribution in [1.29, 1.82) is 5.26 Å². The highest BCUT2D eigenvalue weighted by Crippen LogP contribution is 2.19. The van der Waals surface area contributed by atoms with Crippen LogP contribution < -0.4 is 10.7 Å². The number of nitrogens with one attached hydrogen (secondary N) is 3. The van der Waals surface area contributed by atoms with Gasteiger partial charge in [0, 0.05) is 45.6 Å². The molecule has 8 heteroatoms. The highest BCUT2D eigenvalue weighted by Gasteiger charge is 2.15. The molecule has 0 spiro atoms. The predicted octanol–water partition coefficient (Wildman–Crippen LogP) is 4.89. The summed E-state index contributed by atoms with van der Waals surface area (Å²) in [5.41, 5.74) is 7.57. The van der Waals surface area contributed by atoms with E-state index in [-0.39, 0.29) is 11.5 Å². The van der Waals surface area contributed by atoms with Crippen LogP contribution in [0.25, 0.3) is 17.0 Å². The minimum atomic E-state index is -0.442. The summed E-state index contributed by atoms with van der Waals surface area (Å²) in [5, 5.41) is 14.1. The molecule has 3 N–H and O–H groups in total. The zero-order chi connectivity index (χ0) is 24.9. The lowest BCUT2D eigenvalue weighted by Crippen LogP contribution is -2.26. The first kappa shape index (κ1) is 23.9. The number of rotatable bonds is 7. The fraction of sp³-hybridized carbons (Fsp3) is 0.148. The van der Waals surface area contributed by atoms with E-state index in [1.54, 1.807) is 28.9 Å². The van der Waals surface area contributed by atoms with E-state index < -0.39 is 5.91 Å².